The number of anilines is 2. The van der Waals surface area contributed by atoms with Crippen molar-refractivity contribution in [2.45, 2.75) is 6.92 Å². The van der Waals surface area contributed by atoms with E-state index < -0.39 is 5.95 Å². The maximum atomic E-state index is 13.7. The van der Waals surface area contributed by atoms with Crippen molar-refractivity contribution in [3.63, 3.8) is 0 Å². The third-order valence-corrected chi connectivity index (χ3v) is 5.97. The van der Waals surface area contributed by atoms with Gasteiger partial charge < -0.3 is 14.5 Å². The molecule has 4 heterocycles. The average Bonchev–Trinajstić information content (AvgIpc) is 2.61. The molecule has 2 amide bonds. The van der Waals surface area contributed by atoms with Crippen LogP contribution in [-0.4, -0.2) is 55.2 Å². The summed E-state index contributed by atoms with van der Waals surface area (Å²) in [7, 11) is 0. The van der Waals surface area contributed by atoms with Crippen LogP contribution in [-0.2, 0) is 0 Å². The zero-order valence-corrected chi connectivity index (χ0v) is 16.2. The molecule has 5 rings (SSSR count). The van der Waals surface area contributed by atoms with Crippen molar-refractivity contribution in [2.24, 2.45) is 5.41 Å². The second-order valence-corrected chi connectivity index (χ2v) is 8.32. The van der Waals surface area contributed by atoms with Crippen molar-refractivity contribution in [3.05, 3.63) is 46.9 Å². The summed E-state index contributed by atoms with van der Waals surface area (Å²) in [5.74, 6) is 0.886. The molecule has 3 aliphatic rings. The van der Waals surface area contributed by atoms with Gasteiger partial charge in [-0.3, -0.25) is 4.90 Å². The van der Waals surface area contributed by atoms with Crippen LogP contribution in [0.4, 0.5) is 20.7 Å². The van der Waals surface area contributed by atoms with E-state index in [2.05, 4.69) is 9.88 Å². The summed E-state index contributed by atoms with van der Waals surface area (Å²) in [5, 5.41) is 0.590. The van der Waals surface area contributed by atoms with Gasteiger partial charge in [-0.1, -0.05) is 17.7 Å². The lowest BCUT2D eigenvalue weighted by molar-refractivity contribution is 0.00922. The number of aromatic nitrogens is 1. The number of rotatable bonds is 1. The molecule has 0 bridgehead atoms. The molecular weight excluding hydrogens is 383 g/mol. The van der Waals surface area contributed by atoms with Crippen molar-refractivity contribution >= 4 is 29.1 Å². The van der Waals surface area contributed by atoms with Crippen LogP contribution in [0, 0.1) is 18.3 Å². The number of pyridine rings is 1. The predicted molar refractivity (Wildman–Crippen MR) is 105 cm³/mol. The summed E-state index contributed by atoms with van der Waals surface area (Å²) in [5.41, 5.74) is 1.40. The zero-order chi connectivity index (χ0) is 19.5. The fraction of sp³-hybridized carbons (Fsp3) is 0.400. The first-order valence-corrected chi connectivity index (χ1v) is 9.69. The normalized spacial score (nSPS) is 19.6. The van der Waals surface area contributed by atoms with Crippen LogP contribution in [0.3, 0.4) is 0 Å². The van der Waals surface area contributed by atoms with Crippen LogP contribution < -0.4 is 14.5 Å². The Hall–Kier alpha value is -2.54. The number of likely N-dealkylation sites (tertiary alicyclic amines) is 1. The number of halogens is 2. The fourth-order valence-corrected chi connectivity index (χ4v) is 4.42. The molecule has 2 saturated heterocycles. The van der Waals surface area contributed by atoms with Gasteiger partial charge in [0.1, 0.15) is 18.2 Å². The quantitative estimate of drug-likeness (QED) is 0.686. The Bertz CT molecular complexity index is 955. The number of hydrogen-bond donors (Lipinski definition) is 0. The van der Waals surface area contributed by atoms with Crippen molar-refractivity contribution in [1.82, 2.24) is 9.88 Å². The van der Waals surface area contributed by atoms with Crippen molar-refractivity contribution in [2.75, 3.05) is 49.1 Å². The third kappa shape index (κ3) is 2.76. The van der Waals surface area contributed by atoms with Gasteiger partial charge in [0.15, 0.2) is 0 Å². The fourth-order valence-electron chi connectivity index (χ4n) is 4.26. The molecule has 146 valence electrons. The van der Waals surface area contributed by atoms with Crippen LogP contribution in [0.25, 0.3) is 0 Å². The van der Waals surface area contributed by atoms with Crippen LogP contribution in [0.1, 0.15) is 5.56 Å². The van der Waals surface area contributed by atoms with Crippen molar-refractivity contribution in [1.29, 1.82) is 0 Å². The maximum Gasteiger partial charge on any atom is 0.324 e. The molecule has 0 aliphatic carbocycles. The van der Waals surface area contributed by atoms with Crippen LogP contribution in [0.2, 0.25) is 5.02 Å². The Morgan fingerprint density at radius 3 is 2.75 bits per heavy atom. The standard InChI is InChI=1S/C20H20ClFN4O2/c1-13-2-5-17(23-18(13)22)24-9-20(10-24)11-25(12-20)19(27)26-6-7-28-16-8-14(21)3-4-15(16)26/h2-5,8H,6-7,9-12H2,1H3. The molecule has 0 atom stereocenters. The highest BCUT2D eigenvalue weighted by molar-refractivity contribution is 6.30. The Balaban J connectivity index is 1.22. The number of urea groups is 1. The molecule has 0 N–H and O–H groups in total. The lowest BCUT2D eigenvalue weighted by Crippen LogP contribution is -2.74. The van der Waals surface area contributed by atoms with E-state index in [1.165, 1.54) is 0 Å². The van der Waals surface area contributed by atoms with E-state index in [1.54, 1.807) is 30.0 Å². The number of fused-ring (bicyclic) bond motifs is 1. The molecule has 2 fully saturated rings. The van der Waals surface area contributed by atoms with Crippen LogP contribution >= 0.6 is 11.6 Å². The molecule has 28 heavy (non-hydrogen) atoms. The van der Waals surface area contributed by atoms with Gasteiger partial charge in [-0.25, -0.2) is 9.78 Å². The van der Waals surface area contributed by atoms with Crippen molar-refractivity contribution in [3.8, 4) is 5.75 Å². The number of nitrogens with zero attached hydrogens (tertiary/aromatic N) is 4. The maximum absolute atomic E-state index is 13.7. The van der Waals surface area contributed by atoms with Crippen LogP contribution in [0.15, 0.2) is 30.3 Å². The summed E-state index contributed by atoms with van der Waals surface area (Å²) in [6, 6.07) is 8.93. The van der Waals surface area contributed by atoms with Gasteiger partial charge in [0.05, 0.1) is 12.2 Å². The number of carbonyl (C=O) groups is 1. The van der Waals surface area contributed by atoms with Crippen LogP contribution in [0.5, 0.6) is 5.75 Å². The molecule has 0 unspecified atom stereocenters. The van der Waals surface area contributed by atoms with Gasteiger partial charge in [-0.05, 0) is 25.1 Å². The van der Waals surface area contributed by atoms with Crippen molar-refractivity contribution < 1.29 is 13.9 Å². The highest BCUT2D eigenvalue weighted by atomic mass is 35.5. The Labute approximate surface area is 167 Å². The lowest BCUT2D eigenvalue weighted by atomic mass is 9.73. The van der Waals surface area contributed by atoms with E-state index >= 15 is 0 Å². The van der Waals surface area contributed by atoms with E-state index in [9.17, 15) is 9.18 Å². The van der Waals surface area contributed by atoms with Gasteiger partial charge in [-0.15, -0.1) is 0 Å². The highest BCUT2D eigenvalue weighted by Crippen LogP contribution is 2.43. The first-order valence-electron chi connectivity index (χ1n) is 9.31. The van der Waals surface area contributed by atoms with Gasteiger partial charge >= 0.3 is 6.03 Å². The van der Waals surface area contributed by atoms with Gasteiger partial charge in [0.25, 0.3) is 0 Å². The molecule has 8 heteroatoms. The smallest absolute Gasteiger partial charge is 0.324 e. The molecule has 3 aliphatic heterocycles. The Morgan fingerprint density at radius 1 is 1.21 bits per heavy atom. The van der Waals surface area contributed by atoms with Gasteiger partial charge in [0.2, 0.25) is 5.95 Å². The topological polar surface area (TPSA) is 48.9 Å². The summed E-state index contributed by atoms with van der Waals surface area (Å²) < 4.78 is 19.3. The first-order chi connectivity index (χ1) is 13.4. The number of benzene rings is 1. The number of hydrogen-bond acceptors (Lipinski definition) is 4. The number of carbonyl (C=O) groups excluding carboxylic acids is 1. The van der Waals surface area contributed by atoms with E-state index in [0.717, 1.165) is 18.8 Å². The molecule has 6 nitrogen and oxygen atoms in total. The molecular formula is C20H20ClFN4O2. The van der Waals surface area contributed by atoms with E-state index in [4.69, 9.17) is 16.3 Å². The SMILES string of the molecule is Cc1ccc(N2CC3(CN(C(=O)N4CCOc5cc(Cl)ccc54)C3)C2)nc1F. The number of amides is 2. The van der Waals surface area contributed by atoms with E-state index in [1.807, 2.05) is 17.0 Å². The largest absolute Gasteiger partial charge is 0.489 e. The van der Waals surface area contributed by atoms with E-state index in [-0.39, 0.29) is 11.4 Å². The molecule has 0 saturated carbocycles. The van der Waals surface area contributed by atoms with Gasteiger partial charge in [0, 0.05) is 48.2 Å². The lowest BCUT2D eigenvalue weighted by Gasteiger charge is -2.60. The first kappa shape index (κ1) is 17.6. The highest BCUT2D eigenvalue weighted by Gasteiger charge is 2.54. The monoisotopic (exact) mass is 402 g/mol. The molecule has 1 aromatic carbocycles. The molecule has 1 spiro atoms. The summed E-state index contributed by atoms with van der Waals surface area (Å²) >= 11 is 6.02. The third-order valence-electron chi connectivity index (χ3n) is 5.74. The second-order valence-electron chi connectivity index (χ2n) is 7.88. The van der Waals surface area contributed by atoms with E-state index in [0.29, 0.717) is 48.4 Å². The summed E-state index contributed by atoms with van der Waals surface area (Å²) in [6.45, 7) is 5.68. The minimum atomic E-state index is -0.421. The second kappa shape index (κ2) is 6.24. The summed E-state index contributed by atoms with van der Waals surface area (Å²) in [6.07, 6.45) is 0. The number of aryl methyl sites for hydroxylation is 1. The zero-order valence-electron chi connectivity index (χ0n) is 15.5. The predicted octanol–water partition coefficient (Wildman–Crippen LogP) is 3.32. The minimum Gasteiger partial charge on any atom is -0.489 e. The minimum absolute atomic E-state index is 0.00421. The Morgan fingerprint density at radius 2 is 2.00 bits per heavy atom. The molecule has 2 aromatic rings. The number of ether oxygens (including phenoxy) is 1. The summed E-state index contributed by atoms with van der Waals surface area (Å²) in [4.78, 5) is 22.7. The molecule has 1 aromatic heterocycles. The average molecular weight is 403 g/mol. The Kier molecular flexibility index (Phi) is 3.91. The van der Waals surface area contributed by atoms with Gasteiger partial charge in [-0.2, -0.15) is 4.39 Å². The molecule has 0 radical (unpaired) electrons.